The van der Waals surface area contributed by atoms with Crippen LogP contribution in [0.3, 0.4) is 0 Å². The number of H-pyrrole nitrogens is 1. The standard InChI is InChI=1S/C13H18N2O2S/c16-12-11(6-3-7-14-12)13(17)15-8-9-18-10-4-1-2-5-10/h3,6-7,10H,1-2,4-5,8-9H2,(H,14,16)(H,15,17). The second-order valence-electron chi connectivity index (χ2n) is 4.45. The van der Waals surface area contributed by atoms with E-state index in [1.165, 1.54) is 37.9 Å². The number of amides is 1. The average Bonchev–Trinajstić information content (AvgIpc) is 2.88. The van der Waals surface area contributed by atoms with Crippen molar-refractivity contribution in [3.8, 4) is 0 Å². The van der Waals surface area contributed by atoms with Gasteiger partial charge in [-0.2, -0.15) is 11.8 Å². The molecule has 1 aliphatic carbocycles. The number of hydrogen-bond donors (Lipinski definition) is 2. The van der Waals surface area contributed by atoms with Crippen LogP contribution in [0, 0.1) is 0 Å². The first-order valence-electron chi connectivity index (χ1n) is 6.35. The quantitative estimate of drug-likeness (QED) is 0.799. The molecule has 0 aromatic carbocycles. The predicted molar refractivity (Wildman–Crippen MR) is 74.1 cm³/mol. The molecule has 0 bridgehead atoms. The summed E-state index contributed by atoms with van der Waals surface area (Å²) in [5.41, 5.74) is -0.151. The van der Waals surface area contributed by atoms with Crippen molar-refractivity contribution < 1.29 is 4.79 Å². The van der Waals surface area contributed by atoms with Crippen molar-refractivity contribution in [2.24, 2.45) is 0 Å². The van der Waals surface area contributed by atoms with Crippen LogP contribution in [0.4, 0.5) is 0 Å². The lowest BCUT2D eigenvalue weighted by atomic mass is 10.2. The summed E-state index contributed by atoms with van der Waals surface area (Å²) >= 11 is 1.92. The van der Waals surface area contributed by atoms with Gasteiger partial charge >= 0.3 is 0 Å². The van der Waals surface area contributed by atoms with E-state index < -0.39 is 0 Å². The maximum absolute atomic E-state index is 11.7. The lowest BCUT2D eigenvalue weighted by molar-refractivity contribution is 0.0954. The molecule has 1 aliphatic rings. The second kappa shape index (κ2) is 6.64. The van der Waals surface area contributed by atoms with Crippen molar-refractivity contribution in [2.75, 3.05) is 12.3 Å². The Kier molecular flexibility index (Phi) is 4.87. The summed E-state index contributed by atoms with van der Waals surface area (Å²) in [7, 11) is 0. The first-order chi connectivity index (χ1) is 8.77. The van der Waals surface area contributed by atoms with Crippen LogP contribution in [0.25, 0.3) is 0 Å². The van der Waals surface area contributed by atoms with Crippen LogP contribution in [0.1, 0.15) is 36.0 Å². The highest BCUT2D eigenvalue weighted by molar-refractivity contribution is 7.99. The first-order valence-corrected chi connectivity index (χ1v) is 7.40. The summed E-state index contributed by atoms with van der Waals surface area (Å²) in [6, 6.07) is 3.20. The Morgan fingerprint density at radius 2 is 2.22 bits per heavy atom. The lowest BCUT2D eigenvalue weighted by Gasteiger charge is -2.09. The van der Waals surface area contributed by atoms with E-state index in [2.05, 4.69) is 10.3 Å². The highest BCUT2D eigenvalue weighted by atomic mass is 32.2. The molecule has 0 saturated heterocycles. The van der Waals surface area contributed by atoms with Gasteiger partial charge in [-0.1, -0.05) is 12.8 Å². The van der Waals surface area contributed by atoms with Crippen LogP contribution in [-0.4, -0.2) is 28.4 Å². The summed E-state index contributed by atoms with van der Waals surface area (Å²) in [5, 5.41) is 3.55. The normalized spacial score (nSPS) is 15.8. The van der Waals surface area contributed by atoms with E-state index in [0.29, 0.717) is 6.54 Å². The zero-order valence-electron chi connectivity index (χ0n) is 10.3. The summed E-state index contributed by atoms with van der Waals surface area (Å²) in [6.45, 7) is 0.619. The van der Waals surface area contributed by atoms with Gasteiger partial charge in [0.05, 0.1) is 0 Å². The number of nitrogens with one attached hydrogen (secondary N) is 2. The Morgan fingerprint density at radius 3 is 2.94 bits per heavy atom. The molecular weight excluding hydrogens is 248 g/mol. The second-order valence-corrected chi connectivity index (χ2v) is 5.85. The first kappa shape index (κ1) is 13.2. The molecule has 2 rings (SSSR count). The maximum Gasteiger partial charge on any atom is 0.260 e. The number of rotatable bonds is 5. The molecule has 0 unspecified atom stereocenters. The Labute approximate surface area is 111 Å². The minimum Gasteiger partial charge on any atom is -0.351 e. The van der Waals surface area contributed by atoms with Crippen LogP contribution in [0.5, 0.6) is 0 Å². The number of aromatic amines is 1. The van der Waals surface area contributed by atoms with Crippen LogP contribution in [-0.2, 0) is 0 Å². The van der Waals surface area contributed by atoms with E-state index in [1.807, 2.05) is 11.8 Å². The fraction of sp³-hybridized carbons (Fsp3) is 0.538. The monoisotopic (exact) mass is 266 g/mol. The third-order valence-electron chi connectivity index (χ3n) is 3.11. The number of carbonyl (C=O) groups excluding carboxylic acids is 1. The van der Waals surface area contributed by atoms with Gasteiger partial charge in [0, 0.05) is 23.7 Å². The summed E-state index contributed by atoms with van der Waals surface area (Å²) < 4.78 is 0. The molecule has 0 radical (unpaired) electrons. The molecule has 18 heavy (non-hydrogen) atoms. The molecule has 0 atom stereocenters. The van der Waals surface area contributed by atoms with Crippen LogP contribution in [0.15, 0.2) is 23.1 Å². The molecule has 1 saturated carbocycles. The van der Waals surface area contributed by atoms with E-state index in [1.54, 1.807) is 6.07 Å². The SMILES string of the molecule is O=C(NCCSC1CCCC1)c1ccc[nH]c1=O. The highest BCUT2D eigenvalue weighted by Crippen LogP contribution is 2.28. The van der Waals surface area contributed by atoms with Crippen molar-refractivity contribution in [2.45, 2.75) is 30.9 Å². The topological polar surface area (TPSA) is 62.0 Å². The Hall–Kier alpha value is -1.23. The zero-order chi connectivity index (χ0) is 12.8. The van der Waals surface area contributed by atoms with E-state index in [4.69, 9.17) is 0 Å². The molecule has 1 aromatic rings. The van der Waals surface area contributed by atoms with E-state index in [9.17, 15) is 9.59 Å². The van der Waals surface area contributed by atoms with Gasteiger partial charge in [-0.15, -0.1) is 0 Å². The van der Waals surface area contributed by atoms with Crippen molar-refractivity contribution in [3.63, 3.8) is 0 Å². The number of carbonyl (C=O) groups is 1. The minimum absolute atomic E-state index is 0.184. The van der Waals surface area contributed by atoms with Crippen molar-refractivity contribution >= 4 is 17.7 Å². The maximum atomic E-state index is 11.7. The smallest absolute Gasteiger partial charge is 0.260 e. The lowest BCUT2D eigenvalue weighted by Crippen LogP contribution is -2.31. The van der Waals surface area contributed by atoms with Crippen molar-refractivity contribution in [3.05, 3.63) is 34.2 Å². The third-order valence-corrected chi connectivity index (χ3v) is 4.49. The van der Waals surface area contributed by atoms with Gasteiger partial charge in [0.25, 0.3) is 11.5 Å². The van der Waals surface area contributed by atoms with Crippen molar-refractivity contribution in [1.29, 1.82) is 0 Å². The molecule has 1 aromatic heterocycles. The molecule has 4 nitrogen and oxygen atoms in total. The summed E-state index contributed by atoms with van der Waals surface area (Å²) in [5.74, 6) is 0.630. The molecular formula is C13H18N2O2S. The molecule has 5 heteroatoms. The predicted octanol–water partition coefficient (Wildman–Crippen LogP) is 1.78. The fourth-order valence-corrected chi connectivity index (χ4v) is 3.36. The number of hydrogen-bond acceptors (Lipinski definition) is 3. The van der Waals surface area contributed by atoms with Gasteiger partial charge in [0.1, 0.15) is 5.56 Å². The van der Waals surface area contributed by atoms with Gasteiger partial charge in [-0.3, -0.25) is 9.59 Å². The van der Waals surface area contributed by atoms with Crippen molar-refractivity contribution in [1.82, 2.24) is 10.3 Å². The molecule has 98 valence electrons. The van der Waals surface area contributed by atoms with Gasteiger partial charge < -0.3 is 10.3 Å². The average molecular weight is 266 g/mol. The molecule has 2 N–H and O–H groups in total. The summed E-state index contributed by atoms with van der Waals surface area (Å²) in [6.07, 6.45) is 6.80. The number of thioether (sulfide) groups is 1. The Bertz CT molecular complexity index is 452. The molecule has 0 spiro atoms. The van der Waals surface area contributed by atoms with Gasteiger partial charge in [0.15, 0.2) is 0 Å². The van der Waals surface area contributed by atoms with Crippen LogP contribution < -0.4 is 10.9 Å². The van der Waals surface area contributed by atoms with Crippen LogP contribution >= 0.6 is 11.8 Å². The zero-order valence-corrected chi connectivity index (χ0v) is 11.1. The van der Waals surface area contributed by atoms with E-state index in [-0.39, 0.29) is 17.0 Å². The van der Waals surface area contributed by atoms with E-state index >= 15 is 0 Å². The Balaban J connectivity index is 1.72. The van der Waals surface area contributed by atoms with Gasteiger partial charge in [-0.05, 0) is 25.0 Å². The third kappa shape index (κ3) is 3.63. The Morgan fingerprint density at radius 1 is 1.44 bits per heavy atom. The highest BCUT2D eigenvalue weighted by Gasteiger charge is 2.15. The molecule has 1 heterocycles. The molecule has 0 aliphatic heterocycles. The van der Waals surface area contributed by atoms with Gasteiger partial charge in [0.2, 0.25) is 0 Å². The van der Waals surface area contributed by atoms with E-state index in [0.717, 1.165) is 11.0 Å². The van der Waals surface area contributed by atoms with Crippen LogP contribution in [0.2, 0.25) is 0 Å². The number of aromatic nitrogens is 1. The molecule has 1 fully saturated rings. The number of pyridine rings is 1. The summed E-state index contributed by atoms with van der Waals surface area (Å²) in [4.78, 5) is 25.6. The molecule has 1 amide bonds. The minimum atomic E-state index is -0.335. The fourth-order valence-electron chi connectivity index (χ4n) is 2.14. The van der Waals surface area contributed by atoms with Gasteiger partial charge in [-0.25, -0.2) is 0 Å². The largest absolute Gasteiger partial charge is 0.351 e.